The predicted molar refractivity (Wildman–Crippen MR) is 90.9 cm³/mol. The molecule has 1 saturated carbocycles. The van der Waals surface area contributed by atoms with E-state index in [9.17, 15) is 5.11 Å². The molecule has 0 aliphatic heterocycles. The van der Waals surface area contributed by atoms with Crippen LogP contribution in [-0.4, -0.2) is 32.7 Å². The smallest absolute Gasteiger partial charge is 0.103 e. The number of rotatable bonds is 5. The van der Waals surface area contributed by atoms with Crippen LogP contribution in [0.4, 0.5) is 0 Å². The lowest BCUT2D eigenvalue weighted by atomic mass is 10.1. The van der Waals surface area contributed by atoms with Crippen LogP contribution in [0.2, 0.25) is 5.02 Å². The minimum absolute atomic E-state index is 0.101. The number of hydrogen-bond acceptors (Lipinski definition) is 4. The van der Waals surface area contributed by atoms with Crippen LogP contribution in [-0.2, 0) is 0 Å². The van der Waals surface area contributed by atoms with Crippen molar-refractivity contribution in [3.8, 4) is 5.69 Å². The Balaban J connectivity index is 1.69. The molecule has 5 nitrogen and oxygen atoms in total. The molecule has 0 radical (unpaired) electrons. The standard InChI is InChI=1S/C17H23ClN4O/c1-11(19-10-13-4-3-5-16(13)23)17-12(2)22(21-20-17)15-8-6-14(18)7-9-15/h6-9,11,13,16,19,23H,3-5,10H2,1-2H3. The van der Waals surface area contributed by atoms with E-state index >= 15 is 0 Å². The fourth-order valence-electron chi connectivity index (χ4n) is 3.25. The van der Waals surface area contributed by atoms with E-state index in [-0.39, 0.29) is 12.1 Å². The Kier molecular flexibility index (Phi) is 4.99. The van der Waals surface area contributed by atoms with Crippen molar-refractivity contribution < 1.29 is 5.11 Å². The maximum absolute atomic E-state index is 9.92. The molecule has 3 rings (SSSR count). The van der Waals surface area contributed by atoms with Gasteiger partial charge in [-0.3, -0.25) is 0 Å². The summed E-state index contributed by atoms with van der Waals surface area (Å²) in [5, 5.41) is 22.7. The van der Waals surface area contributed by atoms with Crippen LogP contribution >= 0.6 is 11.6 Å². The summed E-state index contributed by atoms with van der Waals surface area (Å²) in [6.07, 6.45) is 2.97. The first-order valence-electron chi connectivity index (χ1n) is 8.16. The second-order valence-corrected chi connectivity index (χ2v) is 6.77. The zero-order valence-corrected chi connectivity index (χ0v) is 14.3. The van der Waals surface area contributed by atoms with Crippen LogP contribution in [0.5, 0.6) is 0 Å². The van der Waals surface area contributed by atoms with Crippen LogP contribution in [0, 0.1) is 12.8 Å². The third kappa shape index (κ3) is 3.57. The highest BCUT2D eigenvalue weighted by atomic mass is 35.5. The van der Waals surface area contributed by atoms with Gasteiger partial charge in [-0.25, -0.2) is 4.68 Å². The Bertz CT molecular complexity index is 655. The van der Waals surface area contributed by atoms with E-state index in [0.717, 1.165) is 42.9 Å². The van der Waals surface area contributed by atoms with Gasteiger partial charge in [-0.05, 0) is 56.9 Å². The summed E-state index contributed by atoms with van der Waals surface area (Å²) in [5.41, 5.74) is 2.90. The summed E-state index contributed by atoms with van der Waals surface area (Å²) in [7, 11) is 0. The van der Waals surface area contributed by atoms with E-state index in [4.69, 9.17) is 11.6 Å². The second kappa shape index (κ2) is 6.99. The van der Waals surface area contributed by atoms with E-state index in [1.807, 2.05) is 35.9 Å². The molecule has 1 aromatic heterocycles. The average molecular weight is 335 g/mol. The number of benzene rings is 1. The van der Waals surface area contributed by atoms with E-state index in [1.54, 1.807) is 0 Å². The quantitative estimate of drug-likeness (QED) is 0.882. The number of hydrogen-bond donors (Lipinski definition) is 2. The highest BCUT2D eigenvalue weighted by Gasteiger charge is 2.26. The van der Waals surface area contributed by atoms with Gasteiger partial charge in [0, 0.05) is 11.6 Å². The molecule has 0 saturated heterocycles. The third-order valence-corrected chi connectivity index (χ3v) is 4.97. The van der Waals surface area contributed by atoms with E-state index in [0.29, 0.717) is 10.9 Å². The molecule has 3 unspecified atom stereocenters. The predicted octanol–water partition coefficient (Wildman–Crippen LogP) is 3.04. The Morgan fingerprint density at radius 1 is 1.35 bits per heavy atom. The van der Waals surface area contributed by atoms with E-state index in [1.165, 1.54) is 0 Å². The number of nitrogens with one attached hydrogen (secondary N) is 1. The minimum Gasteiger partial charge on any atom is -0.393 e. The lowest BCUT2D eigenvalue weighted by Crippen LogP contribution is -2.30. The molecule has 3 atom stereocenters. The molecule has 2 aromatic rings. The molecule has 124 valence electrons. The topological polar surface area (TPSA) is 63.0 Å². The third-order valence-electron chi connectivity index (χ3n) is 4.72. The summed E-state index contributed by atoms with van der Waals surface area (Å²) in [6, 6.07) is 7.66. The van der Waals surface area contributed by atoms with Gasteiger partial charge in [-0.15, -0.1) is 5.10 Å². The monoisotopic (exact) mass is 334 g/mol. The van der Waals surface area contributed by atoms with Gasteiger partial charge in [-0.2, -0.15) is 0 Å². The lowest BCUT2D eigenvalue weighted by Gasteiger charge is -2.18. The van der Waals surface area contributed by atoms with Crippen LogP contribution in [0.3, 0.4) is 0 Å². The summed E-state index contributed by atoms with van der Waals surface area (Å²) >= 11 is 5.93. The van der Waals surface area contributed by atoms with E-state index < -0.39 is 0 Å². The van der Waals surface area contributed by atoms with Gasteiger partial charge in [-0.1, -0.05) is 23.2 Å². The normalized spacial score (nSPS) is 22.4. The molecule has 0 spiro atoms. The molecule has 23 heavy (non-hydrogen) atoms. The van der Waals surface area contributed by atoms with Crippen LogP contribution in [0.1, 0.15) is 43.6 Å². The van der Waals surface area contributed by atoms with Gasteiger partial charge in [0.2, 0.25) is 0 Å². The summed E-state index contributed by atoms with van der Waals surface area (Å²) < 4.78 is 1.83. The molecular formula is C17H23ClN4O. The van der Waals surface area contributed by atoms with Crippen molar-refractivity contribution in [1.29, 1.82) is 0 Å². The van der Waals surface area contributed by atoms with Crippen molar-refractivity contribution in [2.75, 3.05) is 6.54 Å². The molecule has 1 fully saturated rings. The van der Waals surface area contributed by atoms with Crippen molar-refractivity contribution in [1.82, 2.24) is 20.3 Å². The van der Waals surface area contributed by atoms with Gasteiger partial charge in [0.15, 0.2) is 0 Å². The molecule has 0 amide bonds. The zero-order chi connectivity index (χ0) is 16.4. The highest BCUT2D eigenvalue weighted by molar-refractivity contribution is 6.30. The maximum atomic E-state index is 9.92. The van der Waals surface area contributed by atoms with Crippen LogP contribution < -0.4 is 5.32 Å². The fourth-order valence-corrected chi connectivity index (χ4v) is 3.37. The summed E-state index contributed by atoms with van der Waals surface area (Å²) in [4.78, 5) is 0. The van der Waals surface area contributed by atoms with Crippen molar-refractivity contribution in [3.05, 3.63) is 40.7 Å². The van der Waals surface area contributed by atoms with Gasteiger partial charge in [0.25, 0.3) is 0 Å². The molecule has 1 aliphatic rings. The van der Waals surface area contributed by atoms with Crippen molar-refractivity contribution in [2.24, 2.45) is 5.92 Å². The molecule has 1 heterocycles. The minimum atomic E-state index is -0.166. The van der Waals surface area contributed by atoms with Crippen LogP contribution in [0.15, 0.2) is 24.3 Å². The van der Waals surface area contributed by atoms with Crippen LogP contribution in [0.25, 0.3) is 5.69 Å². The fraction of sp³-hybridized carbons (Fsp3) is 0.529. The maximum Gasteiger partial charge on any atom is 0.103 e. The molecule has 2 N–H and O–H groups in total. The largest absolute Gasteiger partial charge is 0.393 e. The van der Waals surface area contributed by atoms with E-state index in [2.05, 4.69) is 22.6 Å². The van der Waals surface area contributed by atoms with Gasteiger partial charge < -0.3 is 10.4 Å². The molecular weight excluding hydrogens is 312 g/mol. The van der Waals surface area contributed by atoms with Crippen molar-refractivity contribution in [3.63, 3.8) is 0 Å². The number of aromatic nitrogens is 3. The zero-order valence-electron chi connectivity index (χ0n) is 13.5. The molecule has 0 bridgehead atoms. The first kappa shape index (κ1) is 16.4. The molecule has 1 aromatic carbocycles. The Morgan fingerprint density at radius 2 is 2.09 bits per heavy atom. The Hall–Kier alpha value is -1.43. The van der Waals surface area contributed by atoms with Gasteiger partial charge in [0.05, 0.1) is 23.5 Å². The number of halogens is 1. The number of aliphatic hydroxyl groups is 1. The average Bonchev–Trinajstić information content (AvgIpc) is 3.12. The Morgan fingerprint density at radius 3 is 2.74 bits per heavy atom. The second-order valence-electron chi connectivity index (χ2n) is 6.34. The van der Waals surface area contributed by atoms with Gasteiger partial charge >= 0.3 is 0 Å². The summed E-state index contributed by atoms with van der Waals surface area (Å²) in [5.74, 6) is 0.351. The summed E-state index contributed by atoms with van der Waals surface area (Å²) in [6.45, 7) is 4.92. The SMILES string of the molecule is Cc1c(C(C)NCC2CCCC2O)nnn1-c1ccc(Cl)cc1. The van der Waals surface area contributed by atoms with Gasteiger partial charge in [0.1, 0.15) is 5.69 Å². The molecule has 6 heteroatoms. The highest BCUT2D eigenvalue weighted by Crippen LogP contribution is 2.26. The molecule has 1 aliphatic carbocycles. The number of nitrogens with zero attached hydrogens (tertiary/aromatic N) is 3. The number of aliphatic hydroxyl groups excluding tert-OH is 1. The van der Waals surface area contributed by atoms with Crippen molar-refractivity contribution >= 4 is 11.6 Å². The first-order chi connectivity index (χ1) is 11.1. The first-order valence-corrected chi connectivity index (χ1v) is 8.53. The Labute approximate surface area is 141 Å². The lowest BCUT2D eigenvalue weighted by molar-refractivity contribution is 0.130. The van der Waals surface area contributed by atoms with Crippen molar-refractivity contribution in [2.45, 2.75) is 45.3 Å².